The monoisotopic (exact) mass is 804 g/mol. The number of fused-ring (bicyclic) bond motifs is 1. The summed E-state index contributed by atoms with van der Waals surface area (Å²) in [5.41, 5.74) is 10.6. The van der Waals surface area contributed by atoms with E-state index in [0.29, 0.717) is 46.9 Å². The molecule has 0 atom stereocenters. The van der Waals surface area contributed by atoms with Gasteiger partial charge in [-0.2, -0.15) is 4.99 Å². The topological polar surface area (TPSA) is 192 Å². The number of pyridine rings is 1. The maximum absolute atomic E-state index is 13.7. The molecule has 0 saturated heterocycles. The maximum atomic E-state index is 13.7. The van der Waals surface area contributed by atoms with E-state index in [2.05, 4.69) is 27.5 Å². The molecule has 0 aliphatic carbocycles. The van der Waals surface area contributed by atoms with Crippen LogP contribution in [-0.4, -0.2) is 64.2 Å². The molecule has 3 aromatic carbocycles. The molecule has 0 fully saturated rings. The smallest absolute Gasteiger partial charge is 0.435 e. The van der Waals surface area contributed by atoms with Crippen LogP contribution in [0.3, 0.4) is 0 Å². The molecule has 0 unspecified atom stereocenters. The van der Waals surface area contributed by atoms with Gasteiger partial charge in [-0.3, -0.25) is 19.8 Å². The van der Waals surface area contributed by atoms with Crippen LogP contribution in [0.5, 0.6) is 0 Å². The average Bonchev–Trinajstić information content (AvgIpc) is 3.56. The molecule has 5 rings (SSSR count). The molecule has 0 aliphatic rings. The minimum absolute atomic E-state index is 0.00350. The second kappa shape index (κ2) is 22.2. The first-order valence-electron chi connectivity index (χ1n) is 19.9. The number of anilines is 3. The number of rotatable bonds is 20. The van der Waals surface area contributed by atoms with Crippen molar-refractivity contribution in [2.75, 3.05) is 35.3 Å². The van der Waals surface area contributed by atoms with Gasteiger partial charge < -0.3 is 29.8 Å². The summed E-state index contributed by atoms with van der Waals surface area (Å²) in [6, 6.07) is 24.5. The summed E-state index contributed by atoms with van der Waals surface area (Å²) in [6.45, 7) is 5.02. The fourth-order valence-corrected chi connectivity index (χ4v) is 6.13. The zero-order valence-corrected chi connectivity index (χ0v) is 33.8. The van der Waals surface area contributed by atoms with E-state index in [1.54, 1.807) is 79.9 Å². The van der Waals surface area contributed by atoms with Crippen molar-refractivity contribution in [3.63, 3.8) is 0 Å². The molecule has 5 aromatic rings. The van der Waals surface area contributed by atoms with Crippen LogP contribution in [0.15, 0.2) is 96.1 Å². The molecule has 0 aliphatic heterocycles. The van der Waals surface area contributed by atoms with Crippen molar-refractivity contribution in [1.82, 2.24) is 14.5 Å². The van der Waals surface area contributed by atoms with Crippen LogP contribution < -0.4 is 21.3 Å². The Bertz CT molecular complexity index is 2190. The van der Waals surface area contributed by atoms with E-state index in [9.17, 15) is 19.2 Å². The Hall–Kier alpha value is -6.77. The number of nitrogens with one attached hydrogen (secondary N) is 2. The van der Waals surface area contributed by atoms with Gasteiger partial charge in [0.2, 0.25) is 0 Å². The Morgan fingerprint density at radius 1 is 0.831 bits per heavy atom. The average molecular weight is 805 g/mol. The summed E-state index contributed by atoms with van der Waals surface area (Å²) in [6.07, 6.45) is 6.95. The molecule has 0 radical (unpaired) electrons. The van der Waals surface area contributed by atoms with E-state index < -0.39 is 18.2 Å². The van der Waals surface area contributed by atoms with Crippen LogP contribution in [0.1, 0.15) is 86.1 Å². The molecule has 310 valence electrons. The lowest BCUT2D eigenvalue weighted by atomic mass is 10.1. The van der Waals surface area contributed by atoms with Crippen LogP contribution in [-0.2, 0) is 39.2 Å². The summed E-state index contributed by atoms with van der Waals surface area (Å²) in [5.74, 6) is 0.458. The molecular weight excluding hydrogens is 753 g/mol. The summed E-state index contributed by atoms with van der Waals surface area (Å²) < 4.78 is 17.5. The number of aromatic nitrogens is 3. The lowest BCUT2D eigenvalue weighted by molar-refractivity contribution is -0.142. The van der Waals surface area contributed by atoms with Gasteiger partial charge in [-0.1, -0.05) is 57.2 Å². The lowest BCUT2D eigenvalue weighted by Crippen LogP contribution is -2.34. The van der Waals surface area contributed by atoms with Gasteiger partial charge in [-0.15, -0.1) is 0 Å². The Morgan fingerprint density at radius 2 is 1.56 bits per heavy atom. The Morgan fingerprint density at radius 3 is 2.29 bits per heavy atom. The van der Waals surface area contributed by atoms with Crippen molar-refractivity contribution in [2.45, 2.75) is 71.9 Å². The summed E-state index contributed by atoms with van der Waals surface area (Å²) in [5, 5.41) is 6.04. The number of esters is 1. The highest BCUT2D eigenvalue weighted by Gasteiger charge is 2.21. The largest absolute Gasteiger partial charge is 0.466 e. The van der Waals surface area contributed by atoms with Gasteiger partial charge in [0.05, 0.1) is 37.2 Å². The normalized spacial score (nSPS) is 11.2. The number of aliphatic imine (C=N–C) groups is 1. The van der Waals surface area contributed by atoms with Gasteiger partial charge in [0.15, 0.2) is 0 Å². The third-order valence-electron chi connectivity index (χ3n) is 9.37. The fourth-order valence-electron chi connectivity index (χ4n) is 6.13. The summed E-state index contributed by atoms with van der Waals surface area (Å²) >= 11 is 0. The molecule has 15 heteroatoms. The predicted molar refractivity (Wildman–Crippen MR) is 227 cm³/mol. The van der Waals surface area contributed by atoms with Crippen molar-refractivity contribution in [1.29, 1.82) is 0 Å². The standard InChI is InChI=1S/C44H52N8O7/c1-4-6-7-8-9-12-27-58-43(55)48-35-19-14-31(15-20-35)30-59-44(56)50-41(45)32-16-21-34(22-17-32)47-29-39-49-36-28-33(18-23-37(36)51(39)3)42(54)52(26-24-40(53)57-5-2)38-13-10-11-25-46-38/h10-11,13-23,25,28,47H,4-9,12,24,26-27,29-30H2,1-3H3,(H,48,55)(H2,45,50,56). The first-order valence-corrected chi connectivity index (χ1v) is 19.9. The van der Waals surface area contributed by atoms with E-state index in [1.165, 1.54) is 24.2 Å². The van der Waals surface area contributed by atoms with Gasteiger partial charge in [0.25, 0.3) is 5.91 Å². The van der Waals surface area contributed by atoms with Crippen LogP contribution in [0, 0.1) is 0 Å². The summed E-state index contributed by atoms with van der Waals surface area (Å²) in [4.78, 5) is 64.8. The van der Waals surface area contributed by atoms with Gasteiger partial charge in [-0.25, -0.2) is 19.6 Å². The number of carbonyl (C=O) groups excluding carboxylic acids is 4. The Kier molecular flexibility index (Phi) is 16.3. The number of benzene rings is 3. The minimum atomic E-state index is -0.835. The molecular formula is C44H52N8O7. The minimum Gasteiger partial charge on any atom is -0.466 e. The first kappa shape index (κ1) is 43.4. The lowest BCUT2D eigenvalue weighted by Gasteiger charge is -2.21. The zero-order chi connectivity index (χ0) is 42.0. The first-order chi connectivity index (χ1) is 28.6. The maximum Gasteiger partial charge on any atom is 0.435 e. The van der Waals surface area contributed by atoms with Crippen molar-refractivity contribution in [3.05, 3.63) is 114 Å². The molecule has 2 heterocycles. The van der Waals surface area contributed by atoms with E-state index >= 15 is 0 Å². The number of nitrogens with two attached hydrogens (primary N) is 1. The molecule has 2 aromatic heterocycles. The number of hydrogen-bond donors (Lipinski definition) is 3. The predicted octanol–water partition coefficient (Wildman–Crippen LogP) is 8.13. The number of nitrogens with zero attached hydrogens (tertiary/aromatic N) is 5. The number of hydrogen-bond acceptors (Lipinski definition) is 10. The zero-order valence-electron chi connectivity index (χ0n) is 33.8. The van der Waals surface area contributed by atoms with Crippen molar-refractivity contribution in [2.24, 2.45) is 17.8 Å². The molecule has 3 amide bonds. The number of carbonyl (C=O) groups is 4. The molecule has 0 bridgehead atoms. The van der Waals surface area contributed by atoms with Gasteiger partial charge in [0, 0.05) is 42.3 Å². The Labute approximate surface area is 344 Å². The number of imidazole rings is 1. The van der Waals surface area contributed by atoms with Crippen LogP contribution in [0.2, 0.25) is 0 Å². The molecule has 4 N–H and O–H groups in total. The van der Waals surface area contributed by atoms with E-state index in [-0.39, 0.29) is 37.9 Å². The van der Waals surface area contributed by atoms with Gasteiger partial charge >= 0.3 is 18.2 Å². The van der Waals surface area contributed by atoms with Crippen molar-refractivity contribution < 1.29 is 33.4 Å². The van der Waals surface area contributed by atoms with Crippen molar-refractivity contribution in [3.8, 4) is 0 Å². The fraction of sp³-hybridized carbons (Fsp3) is 0.341. The highest BCUT2D eigenvalue weighted by Crippen LogP contribution is 2.22. The van der Waals surface area contributed by atoms with Crippen LogP contribution in [0.25, 0.3) is 11.0 Å². The van der Waals surface area contributed by atoms with Crippen LogP contribution in [0.4, 0.5) is 26.8 Å². The molecule has 15 nitrogen and oxygen atoms in total. The highest BCUT2D eigenvalue weighted by molar-refractivity contribution is 6.07. The third-order valence-corrected chi connectivity index (χ3v) is 9.37. The quantitative estimate of drug-likeness (QED) is 0.0226. The van der Waals surface area contributed by atoms with E-state index in [1.807, 2.05) is 29.8 Å². The molecule has 0 saturated carbocycles. The highest BCUT2D eigenvalue weighted by atomic mass is 16.6. The number of unbranched alkanes of at least 4 members (excludes halogenated alkanes) is 5. The third kappa shape index (κ3) is 13.1. The van der Waals surface area contributed by atoms with E-state index in [4.69, 9.17) is 24.9 Å². The second-order valence-electron chi connectivity index (χ2n) is 13.7. The summed E-state index contributed by atoms with van der Waals surface area (Å²) in [7, 11) is 1.90. The number of amides is 3. The number of amidine groups is 1. The Balaban J connectivity index is 1.10. The van der Waals surface area contributed by atoms with Gasteiger partial charge in [0.1, 0.15) is 24.1 Å². The second-order valence-corrected chi connectivity index (χ2v) is 13.7. The molecule has 0 spiro atoms. The van der Waals surface area contributed by atoms with Crippen molar-refractivity contribution >= 4 is 58.1 Å². The van der Waals surface area contributed by atoms with Gasteiger partial charge in [-0.05, 0) is 85.6 Å². The van der Waals surface area contributed by atoms with Crippen LogP contribution >= 0.6 is 0 Å². The SMILES string of the molecule is CCCCCCCCOC(=O)Nc1ccc(COC(=O)/N=C(\N)c2ccc(NCc3nc4cc(C(=O)N(CCC(=O)OCC)c5ccccn5)ccc4n3C)cc2)cc1. The number of aryl methyl sites for hydroxylation is 1. The number of ether oxygens (including phenoxy) is 3. The van der Waals surface area contributed by atoms with E-state index in [0.717, 1.165) is 36.3 Å². The molecule has 59 heavy (non-hydrogen) atoms.